The molecule has 38 heavy (non-hydrogen) atoms. The summed E-state index contributed by atoms with van der Waals surface area (Å²) >= 11 is 0. The molecule has 2 amide bonds. The number of nitrogens with zero attached hydrogens (tertiary/aromatic N) is 2. The molecule has 4 rings (SSSR count). The first-order chi connectivity index (χ1) is 18.6. The van der Waals surface area contributed by atoms with Crippen LogP contribution in [0.1, 0.15) is 16.7 Å². The highest BCUT2D eigenvalue weighted by Crippen LogP contribution is 2.16. The summed E-state index contributed by atoms with van der Waals surface area (Å²) in [6.45, 7) is 2.02. The fourth-order valence-corrected chi connectivity index (χ4v) is 3.78. The van der Waals surface area contributed by atoms with Gasteiger partial charge in [0.25, 0.3) is 5.91 Å². The van der Waals surface area contributed by atoms with Crippen molar-refractivity contribution in [2.75, 3.05) is 39.5 Å². The van der Waals surface area contributed by atoms with Crippen molar-refractivity contribution in [3.05, 3.63) is 101 Å². The third-order valence-corrected chi connectivity index (χ3v) is 5.89. The van der Waals surface area contributed by atoms with E-state index in [0.717, 1.165) is 16.7 Å². The van der Waals surface area contributed by atoms with E-state index in [2.05, 4.69) is 10.5 Å². The van der Waals surface area contributed by atoms with Crippen LogP contribution in [0.5, 0.6) is 5.75 Å². The maximum atomic E-state index is 13.2. The van der Waals surface area contributed by atoms with E-state index in [4.69, 9.17) is 14.3 Å². The molecule has 1 fully saturated rings. The molecule has 0 aromatic heterocycles. The number of oxime groups is 1. The van der Waals surface area contributed by atoms with Gasteiger partial charge in [0.1, 0.15) is 18.2 Å². The SMILES string of the molecule is O=C(COc1ccc(/C(Cc2ccccc2)=N/OCc2ccc(F)cc2)cc1)NCC(=O)N1CCOCC1. The molecule has 0 aliphatic carbocycles. The Hall–Kier alpha value is -4.24. The summed E-state index contributed by atoms with van der Waals surface area (Å²) in [7, 11) is 0. The quantitative estimate of drug-likeness (QED) is 0.310. The van der Waals surface area contributed by atoms with Crippen LogP contribution < -0.4 is 10.1 Å². The lowest BCUT2D eigenvalue weighted by Gasteiger charge is -2.26. The van der Waals surface area contributed by atoms with Gasteiger partial charge in [-0.25, -0.2) is 4.39 Å². The molecule has 1 saturated heterocycles. The average Bonchev–Trinajstić information content (AvgIpc) is 2.96. The van der Waals surface area contributed by atoms with Crippen molar-refractivity contribution in [3.63, 3.8) is 0 Å². The Balaban J connectivity index is 1.32. The Morgan fingerprint density at radius 1 is 0.921 bits per heavy atom. The van der Waals surface area contributed by atoms with E-state index < -0.39 is 0 Å². The minimum absolute atomic E-state index is 0.0711. The summed E-state index contributed by atoms with van der Waals surface area (Å²) in [4.78, 5) is 31.6. The van der Waals surface area contributed by atoms with Crippen LogP contribution in [0.3, 0.4) is 0 Å². The maximum Gasteiger partial charge on any atom is 0.258 e. The number of carbonyl (C=O) groups is 2. The number of benzene rings is 3. The molecule has 3 aromatic rings. The van der Waals surface area contributed by atoms with Gasteiger partial charge in [0.05, 0.1) is 25.5 Å². The molecule has 198 valence electrons. The van der Waals surface area contributed by atoms with Gasteiger partial charge in [-0.1, -0.05) is 47.6 Å². The molecule has 0 atom stereocenters. The third-order valence-electron chi connectivity index (χ3n) is 5.89. The molecule has 1 aliphatic rings. The molecule has 1 N–H and O–H groups in total. The number of amides is 2. The normalized spacial score (nSPS) is 13.6. The highest BCUT2D eigenvalue weighted by Gasteiger charge is 2.17. The zero-order valence-electron chi connectivity index (χ0n) is 21.0. The van der Waals surface area contributed by atoms with Gasteiger partial charge in [0, 0.05) is 19.5 Å². The van der Waals surface area contributed by atoms with Gasteiger partial charge in [0.2, 0.25) is 5.91 Å². The van der Waals surface area contributed by atoms with Crippen LogP contribution in [0.15, 0.2) is 84.0 Å². The number of hydrogen-bond acceptors (Lipinski definition) is 6. The number of nitrogens with one attached hydrogen (secondary N) is 1. The van der Waals surface area contributed by atoms with Crippen molar-refractivity contribution in [2.45, 2.75) is 13.0 Å². The second-order valence-corrected chi connectivity index (χ2v) is 8.68. The summed E-state index contributed by atoms with van der Waals surface area (Å²) in [6, 6.07) is 23.2. The first kappa shape index (κ1) is 26.8. The van der Waals surface area contributed by atoms with E-state index in [0.29, 0.717) is 44.2 Å². The summed E-state index contributed by atoms with van der Waals surface area (Å²) in [6.07, 6.45) is 0.546. The Bertz CT molecular complexity index is 1210. The second kappa shape index (κ2) is 13.9. The molecule has 8 nitrogen and oxygen atoms in total. The minimum atomic E-state index is -0.379. The van der Waals surface area contributed by atoms with Gasteiger partial charge in [0.15, 0.2) is 6.61 Å². The molecule has 0 bridgehead atoms. The van der Waals surface area contributed by atoms with Crippen molar-refractivity contribution in [1.82, 2.24) is 10.2 Å². The largest absolute Gasteiger partial charge is 0.484 e. The Labute approximate surface area is 221 Å². The van der Waals surface area contributed by atoms with Gasteiger partial charge in [-0.15, -0.1) is 0 Å². The Morgan fingerprint density at radius 2 is 1.63 bits per heavy atom. The molecular weight excluding hydrogens is 489 g/mol. The van der Waals surface area contributed by atoms with E-state index in [1.54, 1.807) is 29.2 Å². The van der Waals surface area contributed by atoms with Crippen LogP contribution in [0.4, 0.5) is 4.39 Å². The van der Waals surface area contributed by atoms with Gasteiger partial charge in [-0.2, -0.15) is 0 Å². The summed E-state index contributed by atoms with van der Waals surface area (Å²) in [5.74, 6) is -0.313. The number of morpholine rings is 1. The fourth-order valence-electron chi connectivity index (χ4n) is 3.78. The van der Waals surface area contributed by atoms with Crippen molar-refractivity contribution in [1.29, 1.82) is 0 Å². The number of rotatable bonds is 11. The van der Waals surface area contributed by atoms with Crippen LogP contribution in [0.2, 0.25) is 0 Å². The van der Waals surface area contributed by atoms with Crippen LogP contribution in [-0.2, 0) is 32.2 Å². The maximum absolute atomic E-state index is 13.2. The summed E-state index contributed by atoms with van der Waals surface area (Å²) in [5.41, 5.74) is 3.42. The van der Waals surface area contributed by atoms with E-state index in [1.807, 2.05) is 42.5 Å². The fraction of sp³-hybridized carbons (Fsp3) is 0.276. The third kappa shape index (κ3) is 8.41. The predicted molar refractivity (Wildman–Crippen MR) is 140 cm³/mol. The predicted octanol–water partition coefficient (Wildman–Crippen LogP) is 3.34. The van der Waals surface area contributed by atoms with Crippen LogP contribution in [-0.4, -0.2) is 61.9 Å². The molecule has 3 aromatic carbocycles. The van der Waals surface area contributed by atoms with Crippen LogP contribution >= 0.6 is 0 Å². The van der Waals surface area contributed by atoms with Crippen molar-refractivity contribution in [3.8, 4) is 5.75 Å². The monoisotopic (exact) mass is 519 g/mol. The zero-order valence-corrected chi connectivity index (χ0v) is 21.0. The molecule has 0 unspecified atom stereocenters. The van der Waals surface area contributed by atoms with E-state index in [1.165, 1.54) is 12.1 Å². The lowest BCUT2D eigenvalue weighted by atomic mass is 10.0. The molecule has 1 aliphatic heterocycles. The van der Waals surface area contributed by atoms with Crippen molar-refractivity contribution >= 4 is 17.5 Å². The van der Waals surface area contributed by atoms with E-state index in [-0.39, 0.29) is 37.4 Å². The summed E-state index contributed by atoms with van der Waals surface area (Å²) in [5, 5.41) is 6.96. The van der Waals surface area contributed by atoms with Gasteiger partial charge >= 0.3 is 0 Å². The molecular formula is C29H30FN3O5. The molecule has 0 saturated carbocycles. The van der Waals surface area contributed by atoms with E-state index in [9.17, 15) is 14.0 Å². The van der Waals surface area contributed by atoms with Gasteiger partial charge < -0.3 is 24.5 Å². The number of ether oxygens (including phenoxy) is 2. The highest BCUT2D eigenvalue weighted by molar-refractivity contribution is 6.01. The Morgan fingerprint density at radius 3 is 2.34 bits per heavy atom. The average molecular weight is 520 g/mol. The second-order valence-electron chi connectivity index (χ2n) is 8.68. The van der Waals surface area contributed by atoms with Crippen LogP contribution in [0.25, 0.3) is 0 Å². The highest BCUT2D eigenvalue weighted by atomic mass is 19.1. The van der Waals surface area contributed by atoms with Gasteiger partial charge in [-0.3, -0.25) is 9.59 Å². The molecule has 0 radical (unpaired) electrons. The minimum Gasteiger partial charge on any atom is -0.484 e. The number of carbonyl (C=O) groups excluding carboxylic acids is 2. The Kier molecular flexibility index (Phi) is 9.81. The molecule has 0 spiro atoms. The first-order valence-electron chi connectivity index (χ1n) is 12.4. The van der Waals surface area contributed by atoms with Crippen molar-refractivity contribution in [2.24, 2.45) is 5.16 Å². The lowest BCUT2D eigenvalue weighted by Crippen LogP contribution is -2.46. The molecule has 1 heterocycles. The molecule has 9 heteroatoms. The summed E-state index contributed by atoms with van der Waals surface area (Å²) < 4.78 is 24.0. The van der Waals surface area contributed by atoms with Crippen LogP contribution in [0, 0.1) is 5.82 Å². The number of hydrogen-bond donors (Lipinski definition) is 1. The van der Waals surface area contributed by atoms with Crippen molar-refractivity contribution < 1.29 is 28.3 Å². The first-order valence-corrected chi connectivity index (χ1v) is 12.4. The number of halogens is 1. The topological polar surface area (TPSA) is 89.5 Å². The standard InChI is InChI=1S/C29H30FN3O5/c30-25-10-6-23(7-11-25)20-38-32-27(18-22-4-2-1-3-5-22)24-8-12-26(13-9-24)37-21-28(34)31-19-29(35)33-14-16-36-17-15-33/h1-13H,14-21H2,(H,31,34)/b32-27+. The van der Waals surface area contributed by atoms with Gasteiger partial charge in [-0.05, 0) is 53.1 Å². The smallest absolute Gasteiger partial charge is 0.258 e. The zero-order chi connectivity index (χ0) is 26.6. The lowest BCUT2D eigenvalue weighted by molar-refractivity contribution is -0.136. The van der Waals surface area contributed by atoms with E-state index >= 15 is 0 Å².